The second-order valence-corrected chi connectivity index (χ2v) is 3.94. The molecule has 0 aliphatic carbocycles. The summed E-state index contributed by atoms with van der Waals surface area (Å²) in [5.74, 6) is -0.861. The van der Waals surface area contributed by atoms with Gasteiger partial charge in [0.05, 0.1) is 19.8 Å². The Labute approximate surface area is 99.9 Å². The van der Waals surface area contributed by atoms with Crippen molar-refractivity contribution in [3.05, 3.63) is 0 Å². The second-order valence-electron chi connectivity index (χ2n) is 3.94. The van der Waals surface area contributed by atoms with Crippen LogP contribution < -0.4 is 0 Å². The first kappa shape index (κ1) is 13.6. The number of carbonyl (C=O) groups is 3. The molecule has 1 fully saturated rings. The minimum atomic E-state index is -0.354. The van der Waals surface area contributed by atoms with E-state index in [-0.39, 0.29) is 56.5 Å². The first-order valence-electron chi connectivity index (χ1n) is 5.57. The molecule has 0 radical (unpaired) electrons. The fourth-order valence-electron chi connectivity index (χ4n) is 1.59. The van der Waals surface area contributed by atoms with Crippen molar-refractivity contribution < 1.29 is 23.9 Å². The lowest BCUT2D eigenvalue weighted by atomic mass is 10.1. The van der Waals surface area contributed by atoms with Crippen molar-refractivity contribution in [3.8, 4) is 0 Å². The molecule has 2 amide bonds. The second kappa shape index (κ2) is 6.34. The molecule has 0 aromatic carbocycles. The van der Waals surface area contributed by atoms with Crippen molar-refractivity contribution in [1.82, 2.24) is 4.90 Å². The lowest BCUT2D eigenvalue weighted by molar-refractivity contribution is -0.142. The van der Waals surface area contributed by atoms with Crippen molar-refractivity contribution in [3.63, 3.8) is 0 Å². The van der Waals surface area contributed by atoms with Gasteiger partial charge in [0, 0.05) is 19.3 Å². The SMILES string of the molecule is CC(=O)OCCOCCN1C(=O)CC(C)C1=O. The van der Waals surface area contributed by atoms with Gasteiger partial charge in [0.15, 0.2) is 0 Å². The van der Waals surface area contributed by atoms with Crippen LogP contribution in [0.15, 0.2) is 0 Å². The molecule has 0 saturated carbocycles. The molecule has 1 saturated heterocycles. The van der Waals surface area contributed by atoms with Crippen LogP contribution in [0.3, 0.4) is 0 Å². The van der Waals surface area contributed by atoms with E-state index in [0.717, 1.165) is 0 Å². The lowest BCUT2D eigenvalue weighted by Gasteiger charge is -2.14. The van der Waals surface area contributed by atoms with Crippen molar-refractivity contribution in [1.29, 1.82) is 0 Å². The number of hydrogen-bond acceptors (Lipinski definition) is 5. The van der Waals surface area contributed by atoms with E-state index in [9.17, 15) is 14.4 Å². The Kier molecular flexibility index (Phi) is 5.09. The summed E-state index contributed by atoms with van der Waals surface area (Å²) < 4.78 is 9.82. The average Bonchev–Trinajstić information content (AvgIpc) is 2.48. The first-order chi connectivity index (χ1) is 8.02. The number of nitrogens with zero attached hydrogens (tertiary/aromatic N) is 1. The van der Waals surface area contributed by atoms with E-state index >= 15 is 0 Å². The average molecular weight is 243 g/mol. The molecule has 1 rings (SSSR count). The third-order valence-electron chi connectivity index (χ3n) is 2.46. The number of amides is 2. The summed E-state index contributed by atoms with van der Waals surface area (Å²) in [5, 5.41) is 0. The van der Waals surface area contributed by atoms with E-state index in [4.69, 9.17) is 4.74 Å². The van der Waals surface area contributed by atoms with Crippen LogP contribution in [0.2, 0.25) is 0 Å². The maximum absolute atomic E-state index is 11.5. The molecule has 1 unspecified atom stereocenters. The maximum atomic E-state index is 11.5. The molecule has 1 heterocycles. The molecule has 0 aromatic heterocycles. The third kappa shape index (κ3) is 4.14. The van der Waals surface area contributed by atoms with E-state index in [0.29, 0.717) is 0 Å². The van der Waals surface area contributed by atoms with E-state index in [1.54, 1.807) is 6.92 Å². The molecule has 1 aliphatic heterocycles. The van der Waals surface area contributed by atoms with Gasteiger partial charge in [-0.15, -0.1) is 0 Å². The molecule has 96 valence electrons. The summed E-state index contributed by atoms with van der Waals surface area (Å²) >= 11 is 0. The Bertz CT molecular complexity index is 315. The zero-order valence-corrected chi connectivity index (χ0v) is 10.1. The summed E-state index contributed by atoms with van der Waals surface area (Å²) in [4.78, 5) is 34.5. The fraction of sp³-hybridized carbons (Fsp3) is 0.727. The molecular formula is C11H17NO5. The molecule has 0 bridgehead atoms. The minimum Gasteiger partial charge on any atom is -0.463 e. The Hall–Kier alpha value is -1.43. The smallest absolute Gasteiger partial charge is 0.302 e. The number of hydrogen-bond donors (Lipinski definition) is 0. The molecule has 6 nitrogen and oxygen atoms in total. The molecule has 17 heavy (non-hydrogen) atoms. The maximum Gasteiger partial charge on any atom is 0.302 e. The quantitative estimate of drug-likeness (QED) is 0.372. The normalized spacial score (nSPS) is 19.9. The van der Waals surface area contributed by atoms with Crippen molar-refractivity contribution in [2.24, 2.45) is 5.92 Å². The van der Waals surface area contributed by atoms with Crippen molar-refractivity contribution in [2.45, 2.75) is 20.3 Å². The predicted molar refractivity (Wildman–Crippen MR) is 58.0 cm³/mol. The number of carbonyl (C=O) groups excluding carboxylic acids is 3. The zero-order valence-electron chi connectivity index (χ0n) is 10.1. The highest BCUT2D eigenvalue weighted by molar-refractivity contribution is 6.03. The van der Waals surface area contributed by atoms with Crippen molar-refractivity contribution in [2.75, 3.05) is 26.4 Å². The van der Waals surface area contributed by atoms with Gasteiger partial charge in [-0.3, -0.25) is 19.3 Å². The number of ether oxygens (including phenoxy) is 2. The highest BCUT2D eigenvalue weighted by Gasteiger charge is 2.34. The standard InChI is InChI=1S/C11H17NO5/c1-8-7-10(14)12(11(8)15)3-4-16-5-6-17-9(2)13/h8H,3-7H2,1-2H3. The number of rotatable bonds is 6. The van der Waals surface area contributed by atoms with Gasteiger partial charge in [0.25, 0.3) is 0 Å². The Balaban J connectivity index is 2.12. The fourth-order valence-corrected chi connectivity index (χ4v) is 1.59. The summed E-state index contributed by atoms with van der Waals surface area (Å²) in [6, 6.07) is 0. The van der Waals surface area contributed by atoms with Gasteiger partial charge in [-0.1, -0.05) is 6.92 Å². The monoisotopic (exact) mass is 243 g/mol. The summed E-state index contributed by atoms with van der Waals surface area (Å²) in [6.45, 7) is 4.05. The summed E-state index contributed by atoms with van der Waals surface area (Å²) in [5.41, 5.74) is 0. The van der Waals surface area contributed by atoms with Gasteiger partial charge in [-0.2, -0.15) is 0 Å². The van der Waals surface area contributed by atoms with Gasteiger partial charge in [-0.05, 0) is 0 Å². The number of likely N-dealkylation sites (tertiary alicyclic amines) is 1. The molecule has 6 heteroatoms. The highest BCUT2D eigenvalue weighted by Crippen LogP contribution is 2.17. The van der Waals surface area contributed by atoms with E-state index in [1.807, 2.05) is 0 Å². The molecule has 1 aliphatic rings. The van der Waals surface area contributed by atoms with Crippen LogP contribution in [0.5, 0.6) is 0 Å². The van der Waals surface area contributed by atoms with Gasteiger partial charge in [-0.25, -0.2) is 0 Å². The zero-order chi connectivity index (χ0) is 12.8. The van der Waals surface area contributed by atoms with Gasteiger partial charge >= 0.3 is 5.97 Å². The van der Waals surface area contributed by atoms with E-state index in [2.05, 4.69) is 4.74 Å². The van der Waals surface area contributed by atoms with Crippen LogP contribution in [0.1, 0.15) is 20.3 Å². The molecule has 0 N–H and O–H groups in total. The highest BCUT2D eigenvalue weighted by atomic mass is 16.6. The number of imide groups is 1. The van der Waals surface area contributed by atoms with Crippen LogP contribution in [0, 0.1) is 5.92 Å². The van der Waals surface area contributed by atoms with Gasteiger partial charge < -0.3 is 9.47 Å². The lowest BCUT2D eigenvalue weighted by Crippen LogP contribution is -2.33. The first-order valence-corrected chi connectivity index (χ1v) is 5.57. The molecule has 0 aromatic rings. The third-order valence-corrected chi connectivity index (χ3v) is 2.46. The predicted octanol–water partition coefficient (Wildman–Crippen LogP) is -0.0389. The topological polar surface area (TPSA) is 72.9 Å². The van der Waals surface area contributed by atoms with Crippen LogP contribution in [-0.2, 0) is 23.9 Å². The van der Waals surface area contributed by atoms with Crippen LogP contribution in [0.4, 0.5) is 0 Å². The van der Waals surface area contributed by atoms with Gasteiger partial charge in [0.2, 0.25) is 11.8 Å². The van der Waals surface area contributed by atoms with Crippen molar-refractivity contribution >= 4 is 17.8 Å². The minimum absolute atomic E-state index is 0.140. The Morgan fingerprint density at radius 2 is 2.06 bits per heavy atom. The Morgan fingerprint density at radius 3 is 2.59 bits per heavy atom. The Morgan fingerprint density at radius 1 is 1.35 bits per heavy atom. The van der Waals surface area contributed by atoms with Crippen LogP contribution in [0.25, 0.3) is 0 Å². The molecule has 1 atom stereocenters. The summed E-state index contributed by atoms with van der Waals surface area (Å²) in [7, 11) is 0. The van der Waals surface area contributed by atoms with Crippen LogP contribution in [-0.4, -0.2) is 49.0 Å². The largest absolute Gasteiger partial charge is 0.463 e. The van der Waals surface area contributed by atoms with E-state index in [1.165, 1.54) is 11.8 Å². The van der Waals surface area contributed by atoms with E-state index < -0.39 is 0 Å². The molecule has 0 spiro atoms. The molecular weight excluding hydrogens is 226 g/mol. The number of esters is 1. The van der Waals surface area contributed by atoms with Gasteiger partial charge in [0.1, 0.15) is 6.61 Å². The van der Waals surface area contributed by atoms with Crippen LogP contribution >= 0.6 is 0 Å². The summed E-state index contributed by atoms with van der Waals surface area (Å²) in [6.07, 6.45) is 0.284.